The van der Waals surface area contributed by atoms with Crippen molar-refractivity contribution in [3.8, 4) is 0 Å². The van der Waals surface area contributed by atoms with Gasteiger partial charge in [-0.05, 0) is 38.3 Å². The zero-order valence-corrected chi connectivity index (χ0v) is 11.0. The van der Waals surface area contributed by atoms with Crippen LogP contribution in [-0.4, -0.2) is 23.8 Å². The molecule has 0 saturated carbocycles. The number of piperidine rings is 1. The molecule has 1 unspecified atom stereocenters. The van der Waals surface area contributed by atoms with E-state index in [4.69, 9.17) is 5.73 Å². The first-order chi connectivity index (χ1) is 8.41. The largest absolute Gasteiger partial charge is 0.388 e. The Morgan fingerprint density at radius 2 is 2.22 bits per heavy atom. The van der Waals surface area contributed by atoms with E-state index in [1.807, 2.05) is 17.9 Å². The SMILES string of the molecule is C[C@@H](N)c1cccc(F)c1N1CCCC(C)(O)C1. The number of halogens is 1. The lowest BCUT2D eigenvalue weighted by atomic mass is 9.93. The fraction of sp³-hybridized carbons (Fsp3) is 0.571. The minimum atomic E-state index is -0.754. The molecule has 0 spiro atoms. The molecule has 3 nitrogen and oxygen atoms in total. The Morgan fingerprint density at radius 1 is 1.50 bits per heavy atom. The van der Waals surface area contributed by atoms with E-state index in [1.165, 1.54) is 6.07 Å². The van der Waals surface area contributed by atoms with Crippen LogP contribution in [0.3, 0.4) is 0 Å². The molecule has 0 bridgehead atoms. The Hall–Kier alpha value is -1.13. The van der Waals surface area contributed by atoms with Crippen molar-refractivity contribution in [2.24, 2.45) is 5.73 Å². The van der Waals surface area contributed by atoms with E-state index in [2.05, 4.69) is 0 Å². The summed E-state index contributed by atoms with van der Waals surface area (Å²) in [4.78, 5) is 1.91. The molecule has 1 saturated heterocycles. The summed E-state index contributed by atoms with van der Waals surface area (Å²) in [7, 11) is 0. The average molecular weight is 252 g/mol. The number of para-hydroxylation sites is 1. The van der Waals surface area contributed by atoms with Crippen molar-refractivity contribution in [1.29, 1.82) is 0 Å². The molecule has 1 aromatic rings. The van der Waals surface area contributed by atoms with Crippen LogP contribution < -0.4 is 10.6 Å². The Bertz CT molecular complexity index is 432. The molecule has 3 N–H and O–H groups in total. The molecule has 2 rings (SSSR count). The van der Waals surface area contributed by atoms with Crippen LogP contribution in [0.4, 0.5) is 10.1 Å². The molecule has 1 aliphatic heterocycles. The van der Waals surface area contributed by atoms with Gasteiger partial charge in [-0.1, -0.05) is 12.1 Å². The van der Waals surface area contributed by atoms with E-state index in [-0.39, 0.29) is 11.9 Å². The number of β-amino-alcohol motifs (C(OH)–C–C–N with tert-alkyl or cyclic N) is 1. The molecule has 100 valence electrons. The predicted molar refractivity (Wildman–Crippen MR) is 71.1 cm³/mol. The van der Waals surface area contributed by atoms with Gasteiger partial charge in [0, 0.05) is 19.1 Å². The fourth-order valence-corrected chi connectivity index (χ4v) is 2.64. The Kier molecular flexibility index (Phi) is 3.59. The van der Waals surface area contributed by atoms with Gasteiger partial charge in [0.2, 0.25) is 0 Å². The summed E-state index contributed by atoms with van der Waals surface area (Å²) < 4.78 is 14.1. The van der Waals surface area contributed by atoms with Crippen molar-refractivity contribution in [1.82, 2.24) is 0 Å². The molecular formula is C14H21FN2O. The fourth-order valence-electron chi connectivity index (χ4n) is 2.64. The van der Waals surface area contributed by atoms with Gasteiger partial charge < -0.3 is 15.7 Å². The van der Waals surface area contributed by atoms with E-state index in [9.17, 15) is 9.50 Å². The predicted octanol–water partition coefficient (Wildman–Crippen LogP) is 2.20. The third kappa shape index (κ3) is 2.65. The first-order valence-corrected chi connectivity index (χ1v) is 6.42. The molecule has 4 heteroatoms. The van der Waals surface area contributed by atoms with E-state index < -0.39 is 5.60 Å². The van der Waals surface area contributed by atoms with Crippen LogP contribution in [-0.2, 0) is 0 Å². The maximum atomic E-state index is 14.1. The smallest absolute Gasteiger partial charge is 0.146 e. The lowest BCUT2D eigenvalue weighted by molar-refractivity contribution is 0.0447. The van der Waals surface area contributed by atoms with Crippen LogP contribution in [0, 0.1) is 5.82 Å². The summed E-state index contributed by atoms with van der Waals surface area (Å²) >= 11 is 0. The molecule has 2 atom stereocenters. The van der Waals surface area contributed by atoms with Gasteiger partial charge in [-0.15, -0.1) is 0 Å². The molecule has 0 aromatic heterocycles. The van der Waals surface area contributed by atoms with Crippen LogP contribution in [0.5, 0.6) is 0 Å². The number of nitrogens with zero attached hydrogens (tertiary/aromatic N) is 1. The maximum absolute atomic E-state index is 14.1. The van der Waals surface area contributed by atoms with Gasteiger partial charge in [0.05, 0.1) is 11.3 Å². The highest BCUT2D eigenvalue weighted by molar-refractivity contribution is 5.56. The molecule has 1 aliphatic rings. The van der Waals surface area contributed by atoms with Crippen LogP contribution >= 0.6 is 0 Å². The lowest BCUT2D eigenvalue weighted by Gasteiger charge is -2.39. The zero-order chi connectivity index (χ0) is 13.3. The van der Waals surface area contributed by atoms with Gasteiger partial charge in [0.1, 0.15) is 5.82 Å². The highest BCUT2D eigenvalue weighted by Crippen LogP contribution is 2.32. The number of anilines is 1. The number of aliphatic hydroxyl groups is 1. The first kappa shape index (κ1) is 13.3. The second-order valence-corrected chi connectivity index (χ2v) is 5.49. The lowest BCUT2D eigenvalue weighted by Crippen LogP contribution is -2.47. The molecule has 1 heterocycles. The Balaban J connectivity index is 2.38. The Labute approximate surface area is 107 Å². The van der Waals surface area contributed by atoms with Crippen LogP contribution in [0.2, 0.25) is 0 Å². The van der Waals surface area contributed by atoms with Crippen molar-refractivity contribution in [3.05, 3.63) is 29.6 Å². The number of hydrogen-bond acceptors (Lipinski definition) is 3. The van der Waals surface area contributed by atoms with E-state index in [1.54, 1.807) is 13.0 Å². The van der Waals surface area contributed by atoms with Crippen molar-refractivity contribution < 1.29 is 9.50 Å². The summed E-state index contributed by atoms with van der Waals surface area (Å²) in [6.07, 6.45) is 1.62. The first-order valence-electron chi connectivity index (χ1n) is 6.42. The summed E-state index contributed by atoms with van der Waals surface area (Å²) in [6, 6.07) is 4.76. The van der Waals surface area contributed by atoms with E-state index in [0.29, 0.717) is 12.2 Å². The average Bonchev–Trinajstić information content (AvgIpc) is 2.27. The van der Waals surface area contributed by atoms with Crippen molar-refractivity contribution >= 4 is 5.69 Å². The van der Waals surface area contributed by atoms with E-state index >= 15 is 0 Å². The second kappa shape index (κ2) is 4.86. The summed E-state index contributed by atoms with van der Waals surface area (Å²) in [5.41, 5.74) is 6.49. The summed E-state index contributed by atoms with van der Waals surface area (Å²) in [5.74, 6) is -0.262. The quantitative estimate of drug-likeness (QED) is 0.848. The molecule has 0 radical (unpaired) electrons. The number of nitrogens with two attached hydrogens (primary N) is 1. The van der Waals surface area contributed by atoms with Gasteiger partial charge in [0.25, 0.3) is 0 Å². The van der Waals surface area contributed by atoms with Crippen LogP contribution in [0.25, 0.3) is 0 Å². The van der Waals surface area contributed by atoms with Gasteiger partial charge in [-0.2, -0.15) is 0 Å². The minimum Gasteiger partial charge on any atom is -0.388 e. The highest BCUT2D eigenvalue weighted by Gasteiger charge is 2.31. The van der Waals surface area contributed by atoms with Gasteiger partial charge >= 0.3 is 0 Å². The molecule has 1 aromatic carbocycles. The normalized spacial score (nSPS) is 26.2. The van der Waals surface area contributed by atoms with E-state index in [0.717, 1.165) is 24.9 Å². The van der Waals surface area contributed by atoms with Gasteiger partial charge in [0.15, 0.2) is 0 Å². The minimum absolute atomic E-state index is 0.220. The highest BCUT2D eigenvalue weighted by atomic mass is 19.1. The third-order valence-corrected chi connectivity index (χ3v) is 3.50. The Morgan fingerprint density at radius 3 is 2.83 bits per heavy atom. The van der Waals surface area contributed by atoms with Crippen LogP contribution in [0.1, 0.15) is 38.3 Å². The van der Waals surface area contributed by atoms with Crippen molar-refractivity contribution in [2.45, 2.75) is 38.3 Å². The maximum Gasteiger partial charge on any atom is 0.146 e. The number of benzene rings is 1. The zero-order valence-electron chi connectivity index (χ0n) is 11.0. The molecule has 18 heavy (non-hydrogen) atoms. The summed E-state index contributed by atoms with van der Waals surface area (Å²) in [6.45, 7) is 4.86. The summed E-state index contributed by atoms with van der Waals surface area (Å²) in [5, 5.41) is 10.1. The van der Waals surface area contributed by atoms with Crippen molar-refractivity contribution in [3.63, 3.8) is 0 Å². The molecular weight excluding hydrogens is 231 g/mol. The van der Waals surface area contributed by atoms with Crippen LogP contribution in [0.15, 0.2) is 18.2 Å². The topological polar surface area (TPSA) is 49.5 Å². The number of rotatable bonds is 2. The molecule has 1 fully saturated rings. The monoisotopic (exact) mass is 252 g/mol. The molecule has 0 aliphatic carbocycles. The second-order valence-electron chi connectivity index (χ2n) is 5.49. The number of hydrogen-bond donors (Lipinski definition) is 2. The molecule has 0 amide bonds. The van der Waals surface area contributed by atoms with Gasteiger partial charge in [-0.3, -0.25) is 0 Å². The van der Waals surface area contributed by atoms with Gasteiger partial charge in [-0.25, -0.2) is 4.39 Å². The standard InChI is InChI=1S/C14H21FN2O/c1-10(16)11-5-3-6-12(15)13(11)17-8-4-7-14(2,18)9-17/h3,5-6,10,18H,4,7-9,16H2,1-2H3/t10-,14?/m1/s1. The van der Waals surface area contributed by atoms with Crippen molar-refractivity contribution in [2.75, 3.05) is 18.0 Å². The third-order valence-electron chi connectivity index (χ3n) is 3.50.